The van der Waals surface area contributed by atoms with Gasteiger partial charge < -0.3 is 0 Å². The third-order valence-electron chi connectivity index (χ3n) is 3.85. The first-order valence-electron chi connectivity index (χ1n) is 7.43. The molecule has 0 fully saturated rings. The molecular formula is C18H18B2S. The molecule has 0 aliphatic carbocycles. The predicted octanol–water partition coefficient (Wildman–Crippen LogP) is 3.75. The average Bonchev–Trinajstić information content (AvgIpc) is 2.84. The Morgan fingerprint density at radius 1 is 0.857 bits per heavy atom. The van der Waals surface area contributed by atoms with Gasteiger partial charge in [0.2, 0.25) is 5.99 Å². The number of rotatable bonds is 3. The first-order chi connectivity index (χ1) is 10.3. The zero-order valence-corrected chi connectivity index (χ0v) is 13.3. The van der Waals surface area contributed by atoms with E-state index in [0.717, 1.165) is 0 Å². The fourth-order valence-electron chi connectivity index (χ4n) is 2.76. The second kappa shape index (κ2) is 6.44. The van der Waals surface area contributed by atoms with Crippen LogP contribution in [-0.4, -0.2) is 12.0 Å². The maximum absolute atomic E-state index is 2.33. The van der Waals surface area contributed by atoms with Crippen LogP contribution in [0, 0.1) is 0 Å². The summed E-state index contributed by atoms with van der Waals surface area (Å²) in [6, 6.07) is 17.5. The molecule has 3 rings (SSSR count). The van der Waals surface area contributed by atoms with Crippen LogP contribution < -0.4 is 10.9 Å². The Morgan fingerprint density at radius 2 is 1.48 bits per heavy atom. The van der Waals surface area contributed by atoms with Gasteiger partial charge in [-0.3, -0.25) is 0 Å². The Kier molecular flexibility index (Phi) is 4.40. The van der Waals surface area contributed by atoms with Crippen molar-refractivity contribution < 1.29 is 0 Å². The Balaban J connectivity index is 1.78. The lowest BCUT2D eigenvalue weighted by Gasteiger charge is -2.02. The molecule has 0 saturated carbocycles. The molecule has 3 heteroatoms. The van der Waals surface area contributed by atoms with Gasteiger partial charge in [-0.2, -0.15) is 0 Å². The first-order valence-corrected chi connectivity index (χ1v) is 8.37. The second-order valence-electron chi connectivity index (χ2n) is 5.35. The van der Waals surface area contributed by atoms with E-state index in [1.165, 1.54) is 22.1 Å². The van der Waals surface area contributed by atoms with Crippen LogP contribution in [0.5, 0.6) is 0 Å². The predicted molar refractivity (Wildman–Crippen MR) is 101 cm³/mol. The third kappa shape index (κ3) is 3.19. The quantitative estimate of drug-likeness (QED) is 0.775. The summed E-state index contributed by atoms with van der Waals surface area (Å²) in [4.78, 5) is 0. The minimum Gasteiger partial charge on any atom is -0.239 e. The smallest absolute Gasteiger partial charge is 0.239 e. The fourth-order valence-corrected chi connectivity index (χ4v) is 4.10. The lowest BCUT2D eigenvalue weighted by Crippen LogP contribution is -2.33. The van der Waals surface area contributed by atoms with Crippen molar-refractivity contribution in [3.8, 4) is 0 Å². The van der Waals surface area contributed by atoms with Crippen LogP contribution in [-0.2, 0) is 0 Å². The van der Waals surface area contributed by atoms with E-state index in [-0.39, 0.29) is 0 Å². The Bertz CT molecular complexity index is 674. The van der Waals surface area contributed by atoms with Crippen LogP contribution in [0.4, 0.5) is 0 Å². The molecule has 0 amide bonds. The molecule has 0 aromatic heterocycles. The first kappa shape index (κ1) is 14.3. The molecule has 1 heterocycles. The maximum Gasteiger partial charge on any atom is 0.256 e. The highest BCUT2D eigenvalue weighted by molar-refractivity contribution is 8.48. The van der Waals surface area contributed by atoms with Gasteiger partial charge in [-0.1, -0.05) is 90.5 Å². The van der Waals surface area contributed by atoms with E-state index in [4.69, 9.17) is 0 Å². The molecule has 2 aromatic carbocycles. The number of benzene rings is 2. The summed E-state index contributed by atoms with van der Waals surface area (Å²) in [6.45, 7) is 4.34. The van der Waals surface area contributed by atoms with Gasteiger partial charge in [-0.15, -0.1) is 0 Å². The van der Waals surface area contributed by atoms with Crippen LogP contribution in [0.15, 0.2) is 60.6 Å². The molecule has 0 spiro atoms. The van der Waals surface area contributed by atoms with E-state index in [1.807, 2.05) is 18.4 Å². The van der Waals surface area contributed by atoms with Crippen molar-refractivity contribution in [2.24, 2.45) is 0 Å². The maximum atomic E-state index is 2.33. The summed E-state index contributed by atoms with van der Waals surface area (Å²) in [5.41, 5.74) is 5.47. The molecule has 0 atom stereocenters. The summed E-state index contributed by atoms with van der Waals surface area (Å²) in [5.74, 6) is 3.40. The number of fused-ring (bicyclic) bond motifs is 1. The molecule has 0 N–H and O–H groups in total. The zero-order chi connectivity index (χ0) is 14.7. The molecule has 0 bridgehead atoms. The fraction of sp³-hybridized carbons (Fsp3) is 0.111. The third-order valence-corrected chi connectivity index (χ3v) is 5.22. The van der Waals surface area contributed by atoms with Crippen LogP contribution in [0.25, 0.3) is 12.2 Å². The number of allylic oxidation sites excluding steroid dienone is 1. The van der Waals surface area contributed by atoms with Gasteiger partial charge in [0, 0.05) is 0 Å². The summed E-state index contributed by atoms with van der Waals surface area (Å²) in [6.07, 6.45) is 6.43. The van der Waals surface area contributed by atoms with Crippen LogP contribution >= 0.6 is 11.5 Å². The molecule has 0 radical (unpaired) electrons. The largest absolute Gasteiger partial charge is 0.256 e. The van der Waals surface area contributed by atoms with Gasteiger partial charge in [0.05, 0.1) is 0 Å². The van der Waals surface area contributed by atoms with Crippen molar-refractivity contribution in [2.45, 2.75) is 13.7 Å². The van der Waals surface area contributed by atoms with Crippen molar-refractivity contribution in [3.05, 3.63) is 71.7 Å². The van der Waals surface area contributed by atoms with E-state index >= 15 is 0 Å². The van der Waals surface area contributed by atoms with Crippen molar-refractivity contribution in [3.63, 3.8) is 0 Å². The monoisotopic (exact) mass is 288 g/mol. The van der Waals surface area contributed by atoms with E-state index in [9.17, 15) is 0 Å². The lowest BCUT2D eigenvalue weighted by atomic mass is 9.59. The van der Waals surface area contributed by atoms with Gasteiger partial charge in [-0.05, 0) is 18.1 Å². The molecule has 102 valence electrons. The molecule has 1 aliphatic rings. The Hall–Kier alpha value is -1.60. The molecule has 2 aromatic rings. The molecule has 21 heavy (non-hydrogen) atoms. The molecule has 0 saturated heterocycles. The normalized spacial score (nSPS) is 14.4. The van der Waals surface area contributed by atoms with E-state index in [0.29, 0.717) is 12.0 Å². The highest BCUT2D eigenvalue weighted by atomic mass is 32.2. The molecule has 0 unspecified atom stereocenters. The molecule has 0 nitrogen and oxygen atoms in total. The van der Waals surface area contributed by atoms with Crippen molar-refractivity contribution in [2.75, 3.05) is 0 Å². The molecule has 1 aliphatic heterocycles. The number of hydrogen-bond donors (Lipinski definition) is 0. The van der Waals surface area contributed by atoms with E-state index < -0.39 is 0 Å². The summed E-state index contributed by atoms with van der Waals surface area (Å²) < 4.78 is 0. The Morgan fingerprint density at radius 3 is 2.14 bits per heavy atom. The number of hydrogen-bond acceptors (Lipinski definition) is 1. The van der Waals surface area contributed by atoms with Crippen molar-refractivity contribution >= 4 is 46.5 Å². The van der Waals surface area contributed by atoms with E-state index in [1.54, 1.807) is 0 Å². The lowest BCUT2D eigenvalue weighted by molar-refractivity contribution is 1.61. The van der Waals surface area contributed by atoms with Crippen LogP contribution in [0.2, 0.25) is 6.82 Å². The van der Waals surface area contributed by atoms with Crippen molar-refractivity contribution in [1.29, 1.82) is 0 Å². The van der Waals surface area contributed by atoms with Crippen molar-refractivity contribution in [1.82, 2.24) is 0 Å². The Labute approximate surface area is 132 Å². The zero-order valence-electron chi connectivity index (χ0n) is 12.5. The highest BCUT2D eigenvalue weighted by Crippen LogP contribution is 2.20. The summed E-state index contributed by atoms with van der Waals surface area (Å²) >= 11 is 2.03. The van der Waals surface area contributed by atoms with Crippen LogP contribution in [0.1, 0.15) is 18.1 Å². The minimum absolute atomic E-state index is 0.478. The SMILES string of the molecule is C/C=C/c1ccc(/C=C/B2SB(C)c3ccccc32)cc1. The summed E-state index contributed by atoms with van der Waals surface area (Å²) in [7, 11) is 0. The van der Waals surface area contributed by atoms with Gasteiger partial charge >= 0.3 is 0 Å². The topological polar surface area (TPSA) is 0 Å². The minimum atomic E-state index is 0.478. The second-order valence-corrected chi connectivity index (χ2v) is 6.84. The van der Waals surface area contributed by atoms with Crippen LogP contribution in [0.3, 0.4) is 0 Å². The average molecular weight is 288 g/mol. The summed E-state index contributed by atoms with van der Waals surface area (Å²) in [5, 5.41) is 0. The van der Waals surface area contributed by atoms with Gasteiger partial charge in [0.15, 0.2) is 0 Å². The van der Waals surface area contributed by atoms with E-state index in [2.05, 4.69) is 79.6 Å². The highest BCUT2D eigenvalue weighted by Gasteiger charge is 2.31. The molecular weight excluding hydrogens is 270 g/mol. The van der Waals surface area contributed by atoms with Gasteiger partial charge in [0.25, 0.3) is 5.99 Å². The van der Waals surface area contributed by atoms with Gasteiger partial charge in [0.1, 0.15) is 0 Å². The van der Waals surface area contributed by atoms with Gasteiger partial charge in [-0.25, -0.2) is 11.5 Å². The standard InChI is InChI=1S/C18H18B2S/c1-3-6-15-9-11-16(12-10-15)13-14-20-18-8-5-4-7-17(18)19(2)21-20/h3-14H,1-2H3/b6-3+,14-13+.